The number of nitrogens with zero attached hydrogens (tertiary/aromatic N) is 4. The van der Waals surface area contributed by atoms with Crippen molar-refractivity contribution in [3.63, 3.8) is 0 Å². The maximum atomic E-state index is 10.9. The minimum Gasteiger partial charge on any atom is -0.481 e. The molecule has 0 aromatic carbocycles. The summed E-state index contributed by atoms with van der Waals surface area (Å²) in [6, 6.07) is -0.172. The molecule has 0 fully saturated rings. The van der Waals surface area contributed by atoms with E-state index in [1.807, 2.05) is 13.8 Å². The van der Waals surface area contributed by atoms with Gasteiger partial charge in [-0.25, -0.2) is 4.68 Å². The highest BCUT2D eigenvalue weighted by Gasteiger charge is 2.23. The first kappa shape index (κ1) is 13.6. The highest BCUT2D eigenvalue weighted by atomic mass is 16.4. The van der Waals surface area contributed by atoms with Crippen LogP contribution < -0.4 is 0 Å². The average Bonchev–Trinajstić information content (AvgIpc) is 2.70. The van der Waals surface area contributed by atoms with E-state index in [-0.39, 0.29) is 18.4 Å². The summed E-state index contributed by atoms with van der Waals surface area (Å²) in [5.41, 5.74) is 0. The topological polar surface area (TPSA) is 80.9 Å². The molecule has 1 atom stereocenters. The first-order valence-electron chi connectivity index (χ1n) is 6.04. The lowest BCUT2D eigenvalue weighted by Gasteiger charge is -2.20. The van der Waals surface area contributed by atoms with Crippen molar-refractivity contribution in [2.75, 3.05) is 0 Å². The van der Waals surface area contributed by atoms with Crippen LogP contribution in [0.3, 0.4) is 0 Å². The molecule has 1 rings (SSSR count). The van der Waals surface area contributed by atoms with Gasteiger partial charge in [-0.05, 0) is 22.8 Å². The van der Waals surface area contributed by atoms with Gasteiger partial charge in [0.25, 0.3) is 0 Å². The molecule has 1 aromatic rings. The lowest BCUT2D eigenvalue weighted by Crippen LogP contribution is -2.22. The second-order valence-electron chi connectivity index (χ2n) is 4.55. The summed E-state index contributed by atoms with van der Waals surface area (Å²) in [6.07, 6.45) is 2.94. The number of carboxylic acids is 1. The van der Waals surface area contributed by atoms with Gasteiger partial charge >= 0.3 is 5.97 Å². The predicted octanol–water partition coefficient (Wildman–Crippen LogP) is 1.69. The van der Waals surface area contributed by atoms with E-state index >= 15 is 0 Å². The molecule has 17 heavy (non-hydrogen) atoms. The number of aromatic nitrogens is 4. The molecule has 0 aliphatic heterocycles. The molecule has 6 nitrogen and oxygen atoms in total. The number of rotatable bonds is 7. The van der Waals surface area contributed by atoms with E-state index in [9.17, 15) is 4.79 Å². The molecular formula is C11H20N4O2. The second kappa shape index (κ2) is 6.32. The first-order chi connectivity index (χ1) is 8.06. The highest BCUT2D eigenvalue weighted by Crippen LogP contribution is 2.22. The van der Waals surface area contributed by atoms with Crippen molar-refractivity contribution in [1.82, 2.24) is 20.2 Å². The Morgan fingerprint density at radius 3 is 2.71 bits per heavy atom. The fourth-order valence-electron chi connectivity index (χ4n) is 1.75. The summed E-state index contributed by atoms with van der Waals surface area (Å²) < 4.78 is 1.68. The van der Waals surface area contributed by atoms with E-state index in [0.717, 1.165) is 25.1 Å². The molecule has 0 amide bonds. The van der Waals surface area contributed by atoms with Gasteiger partial charge in [0.15, 0.2) is 5.82 Å². The summed E-state index contributed by atoms with van der Waals surface area (Å²) in [4.78, 5) is 10.9. The van der Waals surface area contributed by atoms with Crippen LogP contribution >= 0.6 is 0 Å². The lowest BCUT2D eigenvalue weighted by atomic mass is 10.0. The molecule has 1 aromatic heterocycles. The van der Waals surface area contributed by atoms with E-state index in [1.165, 1.54) is 0 Å². The van der Waals surface area contributed by atoms with E-state index in [1.54, 1.807) is 4.68 Å². The van der Waals surface area contributed by atoms with Crippen LogP contribution in [0.2, 0.25) is 0 Å². The molecule has 0 radical (unpaired) electrons. The van der Waals surface area contributed by atoms with Crippen LogP contribution in [0.15, 0.2) is 0 Å². The zero-order chi connectivity index (χ0) is 12.8. The van der Waals surface area contributed by atoms with E-state index in [4.69, 9.17) is 5.11 Å². The second-order valence-corrected chi connectivity index (χ2v) is 4.55. The summed E-state index contributed by atoms with van der Waals surface area (Å²) in [7, 11) is 0. The number of aryl methyl sites for hydroxylation is 1. The highest BCUT2D eigenvalue weighted by molar-refractivity contribution is 5.67. The Labute approximate surface area is 101 Å². The van der Waals surface area contributed by atoms with Gasteiger partial charge in [0.1, 0.15) is 0 Å². The minimum atomic E-state index is -0.819. The number of tetrazole rings is 1. The van der Waals surface area contributed by atoms with Crippen molar-refractivity contribution in [1.29, 1.82) is 0 Å². The third-order valence-electron chi connectivity index (χ3n) is 2.78. The standard InChI is InChI=1S/C11H20N4O2/c1-4-5-6-10-12-13-14-15(10)9(8(2)3)7-11(16)17/h8-9H,4-7H2,1-3H3,(H,16,17). The van der Waals surface area contributed by atoms with Crippen molar-refractivity contribution in [2.45, 2.75) is 52.5 Å². The molecular weight excluding hydrogens is 220 g/mol. The molecule has 6 heteroatoms. The molecule has 0 bridgehead atoms. The van der Waals surface area contributed by atoms with Crippen molar-refractivity contribution < 1.29 is 9.90 Å². The Morgan fingerprint density at radius 1 is 1.47 bits per heavy atom. The third-order valence-corrected chi connectivity index (χ3v) is 2.78. The predicted molar refractivity (Wildman–Crippen MR) is 62.6 cm³/mol. The molecule has 1 N–H and O–H groups in total. The lowest BCUT2D eigenvalue weighted by molar-refractivity contribution is -0.138. The Kier molecular flexibility index (Phi) is 5.06. The molecule has 0 saturated carbocycles. The van der Waals surface area contributed by atoms with Crippen LogP contribution in [0.25, 0.3) is 0 Å². The Hall–Kier alpha value is -1.46. The first-order valence-corrected chi connectivity index (χ1v) is 6.04. The SMILES string of the molecule is CCCCc1nnnn1C(CC(=O)O)C(C)C. The van der Waals surface area contributed by atoms with Crippen LogP contribution in [-0.4, -0.2) is 31.3 Å². The van der Waals surface area contributed by atoms with Gasteiger partial charge < -0.3 is 5.11 Å². The Bertz CT molecular complexity index is 362. The molecule has 96 valence electrons. The number of aliphatic carboxylic acids is 1. The summed E-state index contributed by atoms with van der Waals surface area (Å²) in [6.45, 7) is 6.07. The van der Waals surface area contributed by atoms with Crippen molar-refractivity contribution >= 4 is 5.97 Å². The van der Waals surface area contributed by atoms with Crippen LogP contribution in [0.1, 0.15) is 51.9 Å². The van der Waals surface area contributed by atoms with Crippen LogP contribution in [0.5, 0.6) is 0 Å². The van der Waals surface area contributed by atoms with E-state index in [0.29, 0.717) is 0 Å². The fourth-order valence-corrected chi connectivity index (χ4v) is 1.75. The number of hydrogen-bond acceptors (Lipinski definition) is 4. The molecule has 0 saturated heterocycles. The number of unbranched alkanes of at least 4 members (excludes halogenated alkanes) is 1. The van der Waals surface area contributed by atoms with Gasteiger partial charge in [0.2, 0.25) is 0 Å². The average molecular weight is 240 g/mol. The van der Waals surface area contributed by atoms with Gasteiger partial charge in [-0.2, -0.15) is 0 Å². The minimum absolute atomic E-state index is 0.0574. The Balaban J connectivity index is 2.85. The molecule has 0 spiro atoms. The summed E-state index contributed by atoms with van der Waals surface area (Å²) in [5.74, 6) is 0.155. The third kappa shape index (κ3) is 3.80. The van der Waals surface area contributed by atoms with Gasteiger partial charge in [-0.1, -0.05) is 27.2 Å². The zero-order valence-electron chi connectivity index (χ0n) is 10.6. The van der Waals surface area contributed by atoms with E-state index in [2.05, 4.69) is 22.4 Å². The van der Waals surface area contributed by atoms with Gasteiger partial charge in [-0.15, -0.1) is 5.10 Å². The van der Waals surface area contributed by atoms with E-state index < -0.39 is 5.97 Å². The van der Waals surface area contributed by atoms with Crippen molar-refractivity contribution in [2.24, 2.45) is 5.92 Å². The number of hydrogen-bond donors (Lipinski definition) is 1. The zero-order valence-corrected chi connectivity index (χ0v) is 10.6. The van der Waals surface area contributed by atoms with Crippen LogP contribution in [0, 0.1) is 5.92 Å². The largest absolute Gasteiger partial charge is 0.481 e. The van der Waals surface area contributed by atoms with Crippen molar-refractivity contribution in [3.05, 3.63) is 5.82 Å². The number of carboxylic acid groups (broad SMARTS) is 1. The van der Waals surface area contributed by atoms with Crippen LogP contribution in [-0.2, 0) is 11.2 Å². The van der Waals surface area contributed by atoms with Crippen molar-refractivity contribution in [3.8, 4) is 0 Å². The van der Waals surface area contributed by atoms with Gasteiger partial charge in [-0.3, -0.25) is 4.79 Å². The Morgan fingerprint density at radius 2 is 2.18 bits per heavy atom. The number of carbonyl (C=O) groups is 1. The normalized spacial score (nSPS) is 12.9. The monoisotopic (exact) mass is 240 g/mol. The molecule has 1 unspecified atom stereocenters. The smallest absolute Gasteiger partial charge is 0.305 e. The summed E-state index contributed by atoms with van der Waals surface area (Å²) in [5, 5.41) is 20.5. The molecule has 0 aliphatic carbocycles. The summed E-state index contributed by atoms with van der Waals surface area (Å²) >= 11 is 0. The fraction of sp³-hybridized carbons (Fsp3) is 0.818. The molecule has 1 heterocycles. The van der Waals surface area contributed by atoms with Gasteiger partial charge in [0.05, 0.1) is 12.5 Å². The molecule has 0 aliphatic rings. The maximum absolute atomic E-state index is 10.9. The van der Waals surface area contributed by atoms with Gasteiger partial charge in [0, 0.05) is 6.42 Å². The maximum Gasteiger partial charge on any atom is 0.305 e. The van der Waals surface area contributed by atoms with Crippen LogP contribution in [0.4, 0.5) is 0 Å². The quantitative estimate of drug-likeness (QED) is 0.784.